The molecule has 16 aromatic rings. The number of nitriles is 3. The summed E-state index contributed by atoms with van der Waals surface area (Å²) in [6, 6.07) is 92.7. The van der Waals surface area contributed by atoms with Gasteiger partial charge >= 0.3 is 0 Å². The van der Waals surface area contributed by atoms with E-state index in [0.29, 0.717) is 28.5 Å². The van der Waals surface area contributed by atoms with Crippen LogP contribution in [0.3, 0.4) is 0 Å². The van der Waals surface area contributed by atoms with E-state index in [9.17, 15) is 15.8 Å². The maximum Gasteiger partial charge on any atom is 0.237 e. The molecule has 16 rings (SSSR count). The lowest BCUT2D eigenvalue weighted by Crippen LogP contribution is -2.07. The minimum atomic E-state index is 0.517. The van der Waals surface area contributed by atoms with Crippen molar-refractivity contribution in [3.05, 3.63) is 265 Å². The van der Waals surface area contributed by atoms with Gasteiger partial charge in [0.2, 0.25) is 5.95 Å². The summed E-state index contributed by atoms with van der Waals surface area (Å²) >= 11 is 0. The molecule has 5 heterocycles. The van der Waals surface area contributed by atoms with Crippen molar-refractivity contribution in [3.8, 4) is 74.9 Å². The summed E-state index contributed by atoms with van der Waals surface area (Å²) in [5.41, 5.74) is 18.1. The molecular weight excluding hydrogens is 1000 g/mol. The standard InChI is InChI=1S/C73H41N9/c74-42-45-17-23-48(24-18-45)63-41-72(81-66-15-7-3-11-57(66)61-39-51(27-35-70(61)81)49-25-33-68-59(37-49)55-9-1-5-13-64(55)79(68)53-29-19-46(43-75)20-30-53)78-73(77-63)82-67-16-8-4-12-58(67)62-40-52(28-36-71(62)82)50-26-34-69-60(38-50)56-10-2-6-14-65(56)80(69)54-31-21-47(44-76)22-32-54/h1-41H. The third-order valence-electron chi connectivity index (χ3n) is 16.3. The first-order chi connectivity index (χ1) is 40.5. The second-order valence-electron chi connectivity index (χ2n) is 20.8. The van der Waals surface area contributed by atoms with Crippen LogP contribution in [-0.2, 0) is 0 Å². The Balaban J connectivity index is 0.852. The smallest absolute Gasteiger partial charge is 0.237 e. The first kappa shape index (κ1) is 46.3. The van der Waals surface area contributed by atoms with Crippen LogP contribution < -0.4 is 0 Å². The first-order valence-corrected chi connectivity index (χ1v) is 27.1. The normalized spacial score (nSPS) is 11.6. The Morgan fingerprint density at radius 1 is 0.256 bits per heavy atom. The van der Waals surface area contributed by atoms with E-state index in [4.69, 9.17) is 9.97 Å². The molecule has 82 heavy (non-hydrogen) atoms. The number of aromatic nitrogens is 6. The molecule has 0 bridgehead atoms. The number of benzene rings is 11. The van der Waals surface area contributed by atoms with Gasteiger partial charge in [-0.25, -0.2) is 4.98 Å². The lowest BCUT2D eigenvalue weighted by molar-refractivity contribution is 0.952. The lowest BCUT2D eigenvalue weighted by atomic mass is 10.0. The highest BCUT2D eigenvalue weighted by atomic mass is 15.2. The predicted molar refractivity (Wildman–Crippen MR) is 330 cm³/mol. The van der Waals surface area contributed by atoms with Gasteiger partial charge in [-0.3, -0.25) is 9.13 Å². The third-order valence-corrected chi connectivity index (χ3v) is 16.3. The number of para-hydroxylation sites is 4. The van der Waals surface area contributed by atoms with Crippen molar-refractivity contribution in [1.82, 2.24) is 28.2 Å². The zero-order valence-electron chi connectivity index (χ0n) is 43.7. The van der Waals surface area contributed by atoms with E-state index >= 15 is 0 Å². The Morgan fingerprint density at radius 3 is 0.951 bits per heavy atom. The zero-order valence-corrected chi connectivity index (χ0v) is 43.7. The maximum atomic E-state index is 9.82. The molecule has 0 fully saturated rings. The highest BCUT2D eigenvalue weighted by Crippen LogP contribution is 2.42. The lowest BCUT2D eigenvalue weighted by Gasteiger charge is -2.14. The predicted octanol–water partition coefficient (Wildman–Crippen LogP) is 17.5. The molecule has 0 aliphatic carbocycles. The maximum absolute atomic E-state index is 9.82. The molecular formula is C73H41N9. The summed E-state index contributed by atoms with van der Waals surface area (Å²) in [6.45, 7) is 0. The van der Waals surface area contributed by atoms with Crippen LogP contribution in [0, 0.1) is 34.0 Å². The van der Waals surface area contributed by atoms with Crippen LogP contribution in [-0.4, -0.2) is 28.2 Å². The fraction of sp³-hybridized carbons (Fsp3) is 0. The van der Waals surface area contributed by atoms with E-state index in [1.807, 2.05) is 72.8 Å². The number of hydrogen-bond acceptors (Lipinski definition) is 5. The van der Waals surface area contributed by atoms with E-state index in [2.05, 4.69) is 212 Å². The second kappa shape index (κ2) is 18.1. The van der Waals surface area contributed by atoms with Gasteiger partial charge in [-0.2, -0.15) is 20.8 Å². The van der Waals surface area contributed by atoms with Crippen molar-refractivity contribution >= 4 is 87.2 Å². The van der Waals surface area contributed by atoms with E-state index in [-0.39, 0.29) is 0 Å². The molecule has 9 nitrogen and oxygen atoms in total. The SMILES string of the molecule is N#Cc1ccc(-c2cc(-n3c4ccccc4c4cc(-c5ccc6c(c5)c5ccccc5n6-c5ccc(C#N)cc5)ccc43)nc(-n3c4ccccc4c4cc(-c5ccc6c(c5)c5ccccc5n6-c5ccc(C#N)cc5)ccc43)n2)cc1. The highest BCUT2D eigenvalue weighted by molar-refractivity contribution is 6.15. The average molecular weight is 1040 g/mol. The van der Waals surface area contributed by atoms with E-state index in [1.165, 1.54) is 0 Å². The van der Waals surface area contributed by atoms with Crippen LogP contribution in [0.1, 0.15) is 16.7 Å². The highest BCUT2D eigenvalue weighted by Gasteiger charge is 2.22. The summed E-state index contributed by atoms with van der Waals surface area (Å²) in [6.07, 6.45) is 0. The minimum absolute atomic E-state index is 0.517. The number of fused-ring (bicyclic) bond motifs is 12. The molecule has 0 N–H and O–H groups in total. The van der Waals surface area contributed by atoms with E-state index in [1.54, 1.807) is 0 Å². The molecule has 0 spiro atoms. The largest absolute Gasteiger partial charge is 0.309 e. The van der Waals surface area contributed by atoms with Crippen molar-refractivity contribution in [2.24, 2.45) is 0 Å². The molecule has 0 amide bonds. The Morgan fingerprint density at radius 2 is 0.561 bits per heavy atom. The van der Waals surface area contributed by atoms with Crippen LogP contribution in [0.5, 0.6) is 0 Å². The molecule has 11 aromatic carbocycles. The molecule has 0 saturated heterocycles. The molecule has 0 atom stereocenters. The van der Waals surface area contributed by atoms with Gasteiger partial charge in [0.05, 0.1) is 84.7 Å². The quantitative estimate of drug-likeness (QED) is 0.158. The molecule has 5 aromatic heterocycles. The van der Waals surface area contributed by atoms with Crippen molar-refractivity contribution in [1.29, 1.82) is 15.8 Å². The number of rotatable bonds is 7. The van der Waals surface area contributed by atoms with Crippen LogP contribution in [0.15, 0.2) is 249 Å². The average Bonchev–Trinajstić information content (AvgIpc) is 3.45. The van der Waals surface area contributed by atoms with Crippen LogP contribution in [0.2, 0.25) is 0 Å². The van der Waals surface area contributed by atoms with Crippen LogP contribution >= 0.6 is 0 Å². The monoisotopic (exact) mass is 1040 g/mol. The summed E-state index contributed by atoms with van der Waals surface area (Å²) in [7, 11) is 0. The van der Waals surface area contributed by atoms with E-state index < -0.39 is 0 Å². The van der Waals surface area contributed by atoms with Gasteiger partial charge in [0, 0.05) is 66.1 Å². The van der Waals surface area contributed by atoms with Gasteiger partial charge in [0.15, 0.2) is 0 Å². The van der Waals surface area contributed by atoms with Crippen molar-refractivity contribution in [3.63, 3.8) is 0 Å². The van der Waals surface area contributed by atoms with Gasteiger partial charge in [-0.15, -0.1) is 0 Å². The fourth-order valence-electron chi connectivity index (χ4n) is 12.5. The summed E-state index contributed by atoms with van der Waals surface area (Å²) in [5, 5.41) is 37.8. The van der Waals surface area contributed by atoms with Crippen LogP contribution in [0.4, 0.5) is 0 Å². The summed E-state index contributed by atoms with van der Waals surface area (Å²) in [4.78, 5) is 11.0. The fourth-order valence-corrected chi connectivity index (χ4v) is 12.5. The Hall–Kier alpha value is -11.8. The number of nitrogens with zero attached hydrogens (tertiary/aromatic N) is 9. The molecule has 378 valence electrons. The summed E-state index contributed by atoms with van der Waals surface area (Å²) < 4.78 is 8.97. The minimum Gasteiger partial charge on any atom is -0.309 e. The Labute approximate surface area is 469 Å². The van der Waals surface area contributed by atoms with Crippen molar-refractivity contribution < 1.29 is 0 Å². The van der Waals surface area contributed by atoms with Crippen molar-refractivity contribution in [2.45, 2.75) is 0 Å². The van der Waals surface area contributed by atoms with Gasteiger partial charge in [-0.1, -0.05) is 109 Å². The summed E-state index contributed by atoms with van der Waals surface area (Å²) in [5.74, 6) is 1.22. The molecule has 0 saturated carbocycles. The van der Waals surface area contributed by atoms with E-state index in [0.717, 1.165) is 132 Å². The van der Waals surface area contributed by atoms with Gasteiger partial charge < -0.3 is 9.13 Å². The van der Waals surface area contributed by atoms with Crippen molar-refractivity contribution in [2.75, 3.05) is 0 Å². The second-order valence-corrected chi connectivity index (χ2v) is 20.8. The molecule has 0 unspecified atom stereocenters. The first-order valence-electron chi connectivity index (χ1n) is 27.1. The molecule has 0 aliphatic rings. The Bertz CT molecular complexity index is 5170. The van der Waals surface area contributed by atoms with Crippen LogP contribution in [0.25, 0.3) is 144 Å². The number of hydrogen-bond donors (Lipinski definition) is 0. The Kier molecular flexibility index (Phi) is 10.2. The zero-order chi connectivity index (χ0) is 54.6. The topological polar surface area (TPSA) is 117 Å². The molecule has 0 radical (unpaired) electrons. The third kappa shape index (κ3) is 7.10. The van der Waals surface area contributed by atoms with Gasteiger partial charge in [-0.05, 0) is 156 Å². The van der Waals surface area contributed by atoms with Gasteiger partial charge in [0.25, 0.3) is 0 Å². The van der Waals surface area contributed by atoms with Gasteiger partial charge in [0.1, 0.15) is 5.82 Å². The molecule has 0 aliphatic heterocycles. The molecule has 9 heteroatoms.